The second kappa shape index (κ2) is 9.45. The van der Waals surface area contributed by atoms with Gasteiger partial charge in [-0.15, -0.1) is 0 Å². The lowest BCUT2D eigenvalue weighted by Crippen LogP contribution is -2.15. The third-order valence-electron chi connectivity index (χ3n) is 5.84. The van der Waals surface area contributed by atoms with Crippen molar-refractivity contribution in [2.45, 2.75) is 4.90 Å². The van der Waals surface area contributed by atoms with Crippen LogP contribution in [0.2, 0.25) is 0 Å². The molecule has 0 radical (unpaired) electrons. The molecule has 3 aromatic carbocycles. The van der Waals surface area contributed by atoms with Crippen LogP contribution in [0.4, 0.5) is 11.6 Å². The Morgan fingerprint density at radius 3 is 2.42 bits per heavy atom. The molecule has 0 aliphatic carbocycles. The molecule has 0 unspecified atom stereocenters. The van der Waals surface area contributed by atoms with E-state index in [1.165, 1.54) is 36.7 Å². The fourth-order valence-corrected chi connectivity index (χ4v) is 4.97. The lowest BCUT2D eigenvalue weighted by atomic mass is 10.0. The van der Waals surface area contributed by atoms with E-state index in [4.69, 9.17) is 14.5 Å². The average Bonchev–Trinajstić information content (AvgIpc) is 3.41. The highest BCUT2D eigenvalue weighted by atomic mass is 32.2. The Morgan fingerprint density at radius 2 is 1.61 bits per heavy atom. The van der Waals surface area contributed by atoms with Gasteiger partial charge in [0.05, 0.1) is 21.7 Å². The molecule has 1 amide bonds. The highest BCUT2D eigenvalue weighted by Gasteiger charge is 2.19. The number of rotatable bonds is 6. The topological polar surface area (TPSA) is 132 Å². The summed E-state index contributed by atoms with van der Waals surface area (Å²) in [5.74, 6) is 0.876. The third kappa shape index (κ3) is 4.58. The van der Waals surface area contributed by atoms with Gasteiger partial charge >= 0.3 is 0 Å². The Kier molecular flexibility index (Phi) is 5.81. The first kappa shape index (κ1) is 23.4. The van der Waals surface area contributed by atoms with Crippen molar-refractivity contribution < 1.29 is 22.7 Å². The standard InChI is InChI=1S/C27H19N5O5S/c33-26(30-18-7-9-19(10-8-18)38(34,35)32-27-28-12-3-13-29-27)21-15-23(31-22-5-2-1-4-20(21)22)17-6-11-24-25(14-17)37-16-36-24/h1-15H,16H2,(H,30,33)(H,28,29,32). The van der Waals surface area contributed by atoms with E-state index in [9.17, 15) is 13.2 Å². The van der Waals surface area contributed by atoms with E-state index in [0.29, 0.717) is 39.3 Å². The molecule has 2 aromatic heterocycles. The van der Waals surface area contributed by atoms with Crippen molar-refractivity contribution in [2.75, 3.05) is 16.8 Å². The van der Waals surface area contributed by atoms with Crippen LogP contribution in [0, 0.1) is 0 Å². The molecule has 0 atom stereocenters. The Morgan fingerprint density at radius 1 is 0.842 bits per heavy atom. The number of anilines is 2. The fraction of sp³-hybridized carbons (Fsp3) is 0.0370. The number of benzene rings is 3. The number of ether oxygens (including phenoxy) is 2. The number of aromatic nitrogens is 3. The molecule has 1 aliphatic rings. The normalized spacial score (nSPS) is 12.3. The number of nitrogens with zero attached hydrogens (tertiary/aromatic N) is 3. The molecule has 6 rings (SSSR count). The van der Waals surface area contributed by atoms with Crippen LogP contribution in [-0.2, 0) is 10.0 Å². The van der Waals surface area contributed by atoms with Crippen molar-refractivity contribution >= 4 is 38.5 Å². The van der Waals surface area contributed by atoms with Gasteiger partial charge in [0.2, 0.25) is 12.7 Å². The van der Waals surface area contributed by atoms with Crippen molar-refractivity contribution in [3.8, 4) is 22.8 Å². The zero-order chi connectivity index (χ0) is 26.1. The van der Waals surface area contributed by atoms with Crippen molar-refractivity contribution in [1.82, 2.24) is 15.0 Å². The molecule has 38 heavy (non-hydrogen) atoms. The van der Waals surface area contributed by atoms with Gasteiger partial charge in [0, 0.05) is 29.0 Å². The van der Waals surface area contributed by atoms with Crippen molar-refractivity contribution in [2.24, 2.45) is 0 Å². The molecule has 0 fully saturated rings. The first-order chi connectivity index (χ1) is 18.5. The third-order valence-corrected chi connectivity index (χ3v) is 7.19. The highest BCUT2D eigenvalue weighted by Crippen LogP contribution is 2.36. The summed E-state index contributed by atoms with van der Waals surface area (Å²) >= 11 is 0. The van der Waals surface area contributed by atoms with E-state index in [0.717, 1.165) is 5.56 Å². The number of fused-ring (bicyclic) bond motifs is 2. The molecule has 0 saturated heterocycles. The molecule has 0 spiro atoms. The van der Waals surface area contributed by atoms with Crippen molar-refractivity contribution in [1.29, 1.82) is 0 Å². The summed E-state index contributed by atoms with van der Waals surface area (Å²) in [7, 11) is -3.90. The first-order valence-corrected chi connectivity index (χ1v) is 13.0. The Balaban J connectivity index is 1.28. The maximum atomic E-state index is 13.4. The van der Waals surface area contributed by atoms with Crippen molar-refractivity contribution in [3.05, 3.63) is 96.8 Å². The molecule has 2 N–H and O–H groups in total. The van der Waals surface area contributed by atoms with E-state index in [2.05, 4.69) is 20.0 Å². The predicted octanol–water partition coefficient (Wildman–Crippen LogP) is 4.47. The van der Waals surface area contributed by atoms with Crippen LogP contribution in [0.15, 0.2) is 96.2 Å². The SMILES string of the molecule is O=C(Nc1ccc(S(=O)(=O)Nc2ncccn2)cc1)c1cc(-c2ccc3c(c2)OCO3)nc2ccccc12. The predicted molar refractivity (Wildman–Crippen MR) is 141 cm³/mol. The lowest BCUT2D eigenvalue weighted by molar-refractivity contribution is 0.102. The van der Waals surface area contributed by atoms with Crippen molar-refractivity contribution in [3.63, 3.8) is 0 Å². The summed E-state index contributed by atoms with van der Waals surface area (Å²) in [6, 6.07) is 22.0. The first-order valence-electron chi connectivity index (χ1n) is 11.5. The van der Waals surface area contributed by atoms with Crippen LogP contribution >= 0.6 is 0 Å². The molecule has 188 valence electrons. The summed E-state index contributed by atoms with van der Waals surface area (Å²) in [5, 5.41) is 3.53. The second-order valence-electron chi connectivity index (χ2n) is 8.30. The number of amides is 1. The van der Waals surface area contributed by atoms with Gasteiger partial charge in [0.25, 0.3) is 15.9 Å². The van der Waals surface area contributed by atoms with Crippen LogP contribution in [0.3, 0.4) is 0 Å². The number of pyridine rings is 1. The number of carbonyl (C=O) groups is 1. The summed E-state index contributed by atoms with van der Waals surface area (Å²) in [6.45, 7) is 0.160. The Labute approximate surface area is 217 Å². The van der Waals surface area contributed by atoms with E-state index in [1.54, 1.807) is 12.1 Å². The number of sulfonamides is 1. The number of hydrogen-bond donors (Lipinski definition) is 2. The van der Waals surface area contributed by atoms with Gasteiger partial charge in [0.15, 0.2) is 11.5 Å². The number of para-hydroxylation sites is 1. The van der Waals surface area contributed by atoms with Gasteiger partial charge < -0.3 is 14.8 Å². The molecular formula is C27H19N5O5S. The molecule has 5 aromatic rings. The average molecular weight is 526 g/mol. The number of nitrogens with one attached hydrogen (secondary N) is 2. The molecule has 10 nitrogen and oxygen atoms in total. The fourth-order valence-electron chi connectivity index (χ4n) is 4.01. The molecule has 0 bridgehead atoms. The van der Waals surface area contributed by atoms with Gasteiger partial charge in [0.1, 0.15) is 0 Å². The van der Waals surface area contributed by atoms with Crippen LogP contribution in [0.1, 0.15) is 10.4 Å². The summed E-state index contributed by atoms with van der Waals surface area (Å²) < 4.78 is 38.5. The molecule has 3 heterocycles. The second-order valence-corrected chi connectivity index (χ2v) is 9.98. The monoisotopic (exact) mass is 525 g/mol. The van der Waals surface area contributed by atoms with Gasteiger partial charge in [-0.3, -0.25) is 4.79 Å². The van der Waals surface area contributed by atoms with Gasteiger partial charge in [-0.1, -0.05) is 18.2 Å². The van der Waals surface area contributed by atoms with E-state index in [1.807, 2.05) is 42.5 Å². The quantitative estimate of drug-likeness (QED) is 0.332. The largest absolute Gasteiger partial charge is 0.454 e. The molecule has 11 heteroatoms. The van der Waals surface area contributed by atoms with E-state index < -0.39 is 10.0 Å². The molecule has 0 saturated carbocycles. The van der Waals surface area contributed by atoms with Crippen LogP contribution in [0.5, 0.6) is 11.5 Å². The summed E-state index contributed by atoms with van der Waals surface area (Å²) in [4.78, 5) is 25.9. The lowest BCUT2D eigenvalue weighted by Gasteiger charge is -2.12. The number of hydrogen-bond acceptors (Lipinski definition) is 8. The molecule has 1 aliphatic heterocycles. The van der Waals surface area contributed by atoms with Gasteiger partial charge in [-0.25, -0.2) is 28.1 Å². The minimum atomic E-state index is -3.90. The maximum absolute atomic E-state index is 13.4. The highest BCUT2D eigenvalue weighted by molar-refractivity contribution is 7.92. The maximum Gasteiger partial charge on any atom is 0.264 e. The smallest absolute Gasteiger partial charge is 0.264 e. The van der Waals surface area contributed by atoms with Gasteiger partial charge in [-0.05, 0) is 60.7 Å². The van der Waals surface area contributed by atoms with Crippen LogP contribution in [0.25, 0.3) is 22.2 Å². The Hall–Kier alpha value is -5.03. The van der Waals surface area contributed by atoms with Gasteiger partial charge in [-0.2, -0.15) is 0 Å². The van der Waals surface area contributed by atoms with Crippen LogP contribution in [-0.4, -0.2) is 36.1 Å². The van der Waals surface area contributed by atoms with Crippen LogP contribution < -0.4 is 19.5 Å². The number of carbonyl (C=O) groups excluding carboxylic acids is 1. The summed E-state index contributed by atoms with van der Waals surface area (Å²) in [5.41, 5.74) is 2.88. The minimum Gasteiger partial charge on any atom is -0.454 e. The Bertz CT molecular complexity index is 1780. The zero-order valence-corrected chi connectivity index (χ0v) is 20.5. The molecular weight excluding hydrogens is 506 g/mol. The summed E-state index contributed by atoms with van der Waals surface area (Å²) in [6.07, 6.45) is 2.87. The van der Waals surface area contributed by atoms with E-state index >= 15 is 0 Å². The van der Waals surface area contributed by atoms with E-state index in [-0.39, 0.29) is 23.5 Å². The minimum absolute atomic E-state index is 0.00223. The zero-order valence-electron chi connectivity index (χ0n) is 19.7.